The summed E-state index contributed by atoms with van der Waals surface area (Å²) in [5.41, 5.74) is 0.690. The molecule has 1 atom stereocenters. The number of alkyl halides is 3. The average Bonchev–Trinajstić information content (AvgIpc) is 2.45. The Morgan fingerprint density at radius 2 is 1.62 bits per heavy atom. The van der Waals surface area contributed by atoms with Crippen molar-refractivity contribution in [2.24, 2.45) is 0 Å². The summed E-state index contributed by atoms with van der Waals surface area (Å²) in [6.45, 7) is 6.55. The van der Waals surface area contributed by atoms with E-state index in [0.29, 0.717) is 24.4 Å². The van der Waals surface area contributed by atoms with Crippen molar-refractivity contribution in [3.63, 3.8) is 0 Å². The molecule has 1 fully saturated rings. The second-order valence-electron chi connectivity index (χ2n) is 5.86. The summed E-state index contributed by atoms with van der Waals surface area (Å²) in [4.78, 5) is 1.91. The van der Waals surface area contributed by atoms with Crippen LogP contribution in [0.4, 0.5) is 13.2 Å². The van der Waals surface area contributed by atoms with E-state index >= 15 is 0 Å². The van der Waals surface area contributed by atoms with Crippen molar-refractivity contribution in [1.29, 1.82) is 0 Å². The molecule has 1 saturated heterocycles. The van der Waals surface area contributed by atoms with Gasteiger partial charge in [0.05, 0.1) is 12.5 Å². The van der Waals surface area contributed by atoms with Crippen molar-refractivity contribution in [3.05, 3.63) is 29.8 Å². The van der Waals surface area contributed by atoms with Gasteiger partial charge in [0.1, 0.15) is 5.75 Å². The van der Waals surface area contributed by atoms with Crippen LogP contribution in [0.5, 0.6) is 5.75 Å². The zero-order valence-electron chi connectivity index (χ0n) is 13.8. The average molecular weight is 389 g/mol. The lowest BCUT2D eigenvalue weighted by Gasteiger charge is -2.35. The van der Waals surface area contributed by atoms with E-state index in [1.165, 1.54) is 0 Å². The Bertz CT molecular complexity index is 463. The van der Waals surface area contributed by atoms with E-state index in [2.05, 4.69) is 5.32 Å². The first-order valence-corrected chi connectivity index (χ1v) is 7.63. The quantitative estimate of drug-likeness (QED) is 0.817. The van der Waals surface area contributed by atoms with Crippen molar-refractivity contribution in [2.45, 2.75) is 38.6 Å². The van der Waals surface area contributed by atoms with Crippen LogP contribution >= 0.6 is 24.8 Å². The molecule has 0 amide bonds. The van der Waals surface area contributed by atoms with Gasteiger partial charge in [0.25, 0.3) is 0 Å². The lowest BCUT2D eigenvalue weighted by atomic mass is 10.0. The first kappa shape index (κ1) is 23.3. The molecule has 3 nitrogen and oxygen atoms in total. The van der Waals surface area contributed by atoms with Crippen molar-refractivity contribution in [2.75, 3.05) is 26.2 Å². The zero-order valence-corrected chi connectivity index (χ0v) is 15.4. The highest BCUT2D eigenvalue weighted by Gasteiger charge is 2.35. The van der Waals surface area contributed by atoms with Gasteiger partial charge in [-0.15, -0.1) is 24.8 Å². The van der Waals surface area contributed by atoms with E-state index in [4.69, 9.17) is 4.74 Å². The van der Waals surface area contributed by atoms with Gasteiger partial charge >= 0.3 is 6.18 Å². The van der Waals surface area contributed by atoms with Crippen molar-refractivity contribution in [3.8, 4) is 5.75 Å². The first-order valence-electron chi connectivity index (χ1n) is 7.63. The number of rotatable bonds is 5. The SMILES string of the molecule is CC(C)Oc1ccc([C@H](CC(F)(F)F)N2CCNCC2)cc1.Cl.Cl. The second-order valence-corrected chi connectivity index (χ2v) is 5.86. The van der Waals surface area contributed by atoms with E-state index in [1.807, 2.05) is 18.7 Å². The Balaban J connectivity index is 0.00000264. The molecular formula is C16H25Cl2F3N2O. The van der Waals surface area contributed by atoms with E-state index in [0.717, 1.165) is 13.1 Å². The maximum Gasteiger partial charge on any atom is 0.390 e. The number of ether oxygens (including phenoxy) is 1. The summed E-state index contributed by atoms with van der Waals surface area (Å²) in [7, 11) is 0. The van der Waals surface area contributed by atoms with Crippen LogP contribution in [0.25, 0.3) is 0 Å². The van der Waals surface area contributed by atoms with Crippen LogP contribution in [-0.2, 0) is 0 Å². The van der Waals surface area contributed by atoms with Gasteiger partial charge in [-0.3, -0.25) is 4.90 Å². The summed E-state index contributed by atoms with van der Waals surface area (Å²) in [6.07, 6.45) is -4.95. The van der Waals surface area contributed by atoms with Gasteiger partial charge in [0.2, 0.25) is 0 Å². The molecule has 1 heterocycles. The van der Waals surface area contributed by atoms with Crippen molar-refractivity contribution < 1.29 is 17.9 Å². The number of halogens is 5. The molecule has 1 aromatic carbocycles. The number of piperazine rings is 1. The summed E-state index contributed by atoms with van der Waals surface area (Å²) in [6, 6.07) is 6.36. The molecular weight excluding hydrogens is 364 g/mol. The Hall–Kier alpha value is -0.690. The largest absolute Gasteiger partial charge is 0.491 e. The highest BCUT2D eigenvalue weighted by Crippen LogP contribution is 2.34. The minimum atomic E-state index is -4.18. The molecule has 140 valence electrons. The molecule has 1 aliphatic heterocycles. The monoisotopic (exact) mass is 388 g/mol. The third kappa shape index (κ3) is 7.47. The van der Waals surface area contributed by atoms with Gasteiger partial charge < -0.3 is 10.1 Å². The van der Waals surface area contributed by atoms with Crippen LogP contribution in [0.3, 0.4) is 0 Å². The van der Waals surface area contributed by atoms with Crippen LogP contribution in [0.2, 0.25) is 0 Å². The summed E-state index contributed by atoms with van der Waals surface area (Å²) in [5.74, 6) is 0.685. The molecule has 0 aliphatic carbocycles. The third-order valence-electron chi connectivity index (χ3n) is 3.65. The van der Waals surface area contributed by atoms with E-state index in [1.54, 1.807) is 24.3 Å². The number of benzene rings is 1. The fourth-order valence-electron chi connectivity index (χ4n) is 2.71. The molecule has 1 aromatic rings. The Kier molecular flexibility index (Phi) is 10.0. The predicted octanol–water partition coefficient (Wildman–Crippen LogP) is 4.22. The molecule has 2 rings (SSSR count). The molecule has 8 heteroatoms. The lowest BCUT2D eigenvalue weighted by Crippen LogP contribution is -2.46. The first-order chi connectivity index (χ1) is 10.3. The molecule has 1 N–H and O–H groups in total. The zero-order chi connectivity index (χ0) is 16.2. The molecule has 0 radical (unpaired) electrons. The van der Waals surface area contributed by atoms with Gasteiger partial charge in [-0.25, -0.2) is 0 Å². The van der Waals surface area contributed by atoms with Crippen LogP contribution in [0.1, 0.15) is 31.9 Å². The number of nitrogens with one attached hydrogen (secondary N) is 1. The lowest BCUT2D eigenvalue weighted by molar-refractivity contribution is -0.148. The molecule has 0 spiro atoms. The highest BCUT2D eigenvalue weighted by molar-refractivity contribution is 5.85. The van der Waals surface area contributed by atoms with Gasteiger partial charge in [-0.05, 0) is 31.5 Å². The normalized spacial score (nSPS) is 16.9. The third-order valence-corrected chi connectivity index (χ3v) is 3.65. The fraction of sp³-hybridized carbons (Fsp3) is 0.625. The van der Waals surface area contributed by atoms with Crippen LogP contribution < -0.4 is 10.1 Å². The molecule has 1 aliphatic rings. The van der Waals surface area contributed by atoms with E-state index in [-0.39, 0.29) is 30.9 Å². The van der Waals surface area contributed by atoms with Crippen molar-refractivity contribution >= 4 is 24.8 Å². The fourth-order valence-corrected chi connectivity index (χ4v) is 2.71. The molecule has 0 bridgehead atoms. The van der Waals surface area contributed by atoms with Crippen LogP contribution in [-0.4, -0.2) is 43.4 Å². The minimum absolute atomic E-state index is 0. The number of hydrogen-bond acceptors (Lipinski definition) is 3. The van der Waals surface area contributed by atoms with E-state index in [9.17, 15) is 13.2 Å². The van der Waals surface area contributed by atoms with Crippen molar-refractivity contribution in [1.82, 2.24) is 10.2 Å². The second kappa shape index (κ2) is 10.3. The predicted molar refractivity (Wildman–Crippen MR) is 94.6 cm³/mol. The number of hydrogen-bond donors (Lipinski definition) is 1. The molecule has 0 saturated carbocycles. The summed E-state index contributed by atoms with van der Waals surface area (Å²) >= 11 is 0. The molecule has 0 aromatic heterocycles. The standard InChI is InChI=1S/C16H23F3N2O.2ClH/c1-12(2)22-14-5-3-13(4-6-14)15(11-16(17,18)19)21-9-7-20-8-10-21;;/h3-6,12,15,20H,7-11H2,1-2H3;2*1H/t15-;;/m0../s1. The summed E-state index contributed by atoms with van der Waals surface area (Å²) < 4.78 is 44.3. The topological polar surface area (TPSA) is 24.5 Å². The maximum absolute atomic E-state index is 12.9. The Morgan fingerprint density at radius 3 is 2.08 bits per heavy atom. The summed E-state index contributed by atoms with van der Waals surface area (Å²) in [5, 5.41) is 3.17. The Morgan fingerprint density at radius 1 is 1.08 bits per heavy atom. The van der Waals surface area contributed by atoms with Crippen LogP contribution in [0, 0.1) is 0 Å². The number of nitrogens with zero attached hydrogens (tertiary/aromatic N) is 1. The Labute approximate surface area is 153 Å². The highest BCUT2D eigenvalue weighted by atomic mass is 35.5. The van der Waals surface area contributed by atoms with E-state index < -0.39 is 18.6 Å². The van der Waals surface area contributed by atoms with Gasteiger partial charge in [0, 0.05) is 32.2 Å². The molecule has 0 unspecified atom stereocenters. The maximum atomic E-state index is 12.9. The van der Waals surface area contributed by atoms with Gasteiger partial charge in [0.15, 0.2) is 0 Å². The smallest absolute Gasteiger partial charge is 0.390 e. The van der Waals surface area contributed by atoms with Crippen LogP contribution in [0.15, 0.2) is 24.3 Å². The van der Waals surface area contributed by atoms with Gasteiger partial charge in [-0.1, -0.05) is 12.1 Å². The molecule has 24 heavy (non-hydrogen) atoms. The minimum Gasteiger partial charge on any atom is -0.491 e. The van der Waals surface area contributed by atoms with Gasteiger partial charge in [-0.2, -0.15) is 13.2 Å².